The molecular formula is C26H16N2O. The summed E-state index contributed by atoms with van der Waals surface area (Å²) in [5.41, 5.74) is 5.22. The number of furan rings is 1. The van der Waals surface area contributed by atoms with E-state index in [1.165, 1.54) is 10.8 Å². The van der Waals surface area contributed by atoms with E-state index in [-0.39, 0.29) is 0 Å². The van der Waals surface area contributed by atoms with E-state index in [0.717, 1.165) is 38.9 Å². The number of hydrogen-bond acceptors (Lipinski definition) is 3. The van der Waals surface area contributed by atoms with Gasteiger partial charge in [0.1, 0.15) is 16.8 Å². The molecule has 6 rings (SSSR count). The second-order valence-corrected chi connectivity index (χ2v) is 7.10. The van der Waals surface area contributed by atoms with Gasteiger partial charge in [-0.3, -0.25) is 0 Å². The molecule has 0 unspecified atom stereocenters. The lowest BCUT2D eigenvalue weighted by Crippen LogP contribution is -1.93. The lowest BCUT2D eigenvalue weighted by Gasteiger charge is -2.07. The van der Waals surface area contributed by atoms with Gasteiger partial charge in [-0.25, -0.2) is 9.97 Å². The van der Waals surface area contributed by atoms with Gasteiger partial charge in [-0.2, -0.15) is 0 Å². The Kier molecular flexibility index (Phi) is 3.47. The van der Waals surface area contributed by atoms with Crippen LogP contribution in [0.1, 0.15) is 0 Å². The van der Waals surface area contributed by atoms with Crippen LogP contribution in [-0.4, -0.2) is 9.97 Å². The van der Waals surface area contributed by atoms with Crippen molar-refractivity contribution in [2.24, 2.45) is 0 Å². The normalized spacial score (nSPS) is 11.4. The molecule has 2 heterocycles. The van der Waals surface area contributed by atoms with Crippen molar-refractivity contribution in [3.8, 4) is 22.6 Å². The molecule has 0 radical (unpaired) electrons. The SMILES string of the molecule is c1ccc(-c2nc(-c3ccc4ccccc4c3)nc3c2oc2ccccc23)cc1. The van der Waals surface area contributed by atoms with Crippen LogP contribution in [0.4, 0.5) is 0 Å². The van der Waals surface area contributed by atoms with Crippen molar-refractivity contribution in [1.29, 1.82) is 0 Å². The molecule has 0 fully saturated rings. The number of aromatic nitrogens is 2. The first-order valence-corrected chi connectivity index (χ1v) is 9.61. The van der Waals surface area contributed by atoms with Crippen molar-refractivity contribution in [3.05, 3.63) is 97.1 Å². The first kappa shape index (κ1) is 16.0. The van der Waals surface area contributed by atoms with Crippen LogP contribution in [0.5, 0.6) is 0 Å². The first-order valence-electron chi connectivity index (χ1n) is 9.61. The van der Waals surface area contributed by atoms with Crippen molar-refractivity contribution >= 4 is 32.8 Å². The van der Waals surface area contributed by atoms with Crippen molar-refractivity contribution in [1.82, 2.24) is 9.97 Å². The molecular weight excluding hydrogens is 356 g/mol. The molecule has 0 aliphatic rings. The molecule has 0 aliphatic carbocycles. The Labute approximate surface area is 167 Å². The van der Waals surface area contributed by atoms with Gasteiger partial charge in [0.25, 0.3) is 0 Å². The molecule has 0 saturated carbocycles. The highest BCUT2D eigenvalue weighted by atomic mass is 16.3. The zero-order chi connectivity index (χ0) is 19.2. The van der Waals surface area contributed by atoms with Crippen LogP contribution in [0.25, 0.3) is 55.5 Å². The maximum atomic E-state index is 6.17. The lowest BCUT2D eigenvalue weighted by molar-refractivity contribution is 0.667. The van der Waals surface area contributed by atoms with Crippen LogP contribution in [0.2, 0.25) is 0 Å². The van der Waals surface area contributed by atoms with Crippen molar-refractivity contribution < 1.29 is 4.42 Å². The molecule has 3 nitrogen and oxygen atoms in total. The Morgan fingerprint density at radius 1 is 0.586 bits per heavy atom. The molecule has 0 spiro atoms. The Bertz CT molecular complexity index is 1500. The van der Waals surface area contributed by atoms with Crippen molar-refractivity contribution in [2.75, 3.05) is 0 Å². The minimum atomic E-state index is 0.702. The Morgan fingerprint density at radius 3 is 2.24 bits per heavy atom. The summed E-state index contributed by atoms with van der Waals surface area (Å²) < 4.78 is 6.17. The molecule has 0 N–H and O–H groups in total. The second kappa shape index (κ2) is 6.28. The molecule has 3 heteroatoms. The number of rotatable bonds is 2. The Morgan fingerprint density at radius 2 is 1.34 bits per heavy atom. The third-order valence-corrected chi connectivity index (χ3v) is 5.27. The average molecular weight is 372 g/mol. The molecule has 0 amide bonds. The molecule has 136 valence electrons. The number of hydrogen-bond donors (Lipinski definition) is 0. The maximum absolute atomic E-state index is 6.17. The molecule has 0 bridgehead atoms. The topological polar surface area (TPSA) is 38.9 Å². The summed E-state index contributed by atoms with van der Waals surface area (Å²) in [6.07, 6.45) is 0. The first-order chi connectivity index (χ1) is 14.4. The summed E-state index contributed by atoms with van der Waals surface area (Å²) in [5, 5.41) is 3.38. The van der Waals surface area contributed by atoms with Gasteiger partial charge in [0.2, 0.25) is 0 Å². The highest BCUT2D eigenvalue weighted by molar-refractivity contribution is 6.07. The Balaban J connectivity index is 1.69. The van der Waals surface area contributed by atoms with Crippen molar-refractivity contribution in [3.63, 3.8) is 0 Å². The van der Waals surface area contributed by atoms with E-state index in [1.807, 2.05) is 42.5 Å². The summed E-state index contributed by atoms with van der Waals surface area (Å²) in [6.45, 7) is 0. The third-order valence-electron chi connectivity index (χ3n) is 5.27. The van der Waals surface area contributed by atoms with E-state index in [2.05, 4.69) is 54.6 Å². The largest absolute Gasteiger partial charge is 0.452 e. The van der Waals surface area contributed by atoms with Gasteiger partial charge in [0.15, 0.2) is 11.4 Å². The van der Waals surface area contributed by atoms with Gasteiger partial charge in [0, 0.05) is 16.5 Å². The highest BCUT2D eigenvalue weighted by Gasteiger charge is 2.17. The maximum Gasteiger partial charge on any atom is 0.180 e. The zero-order valence-corrected chi connectivity index (χ0v) is 15.5. The van der Waals surface area contributed by atoms with Crippen molar-refractivity contribution in [2.45, 2.75) is 0 Å². The zero-order valence-electron chi connectivity index (χ0n) is 15.5. The standard InChI is InChI=1S/C26H16N2O/c1-2-9-18(10-3-1)23-25-24(21-12-6-7-13-22(21)29-25)28-26(27-23)20-15-14-17-8-4-5-11-19(17)16-20/h1-16H. The fraction of sp³-hybridized carbons (Fsp3) is 0. The molecule has 0 aliphatic heterocycles. The summed E-state index contributed by atoms with van der Waals surface area (Å²) >= 11 is 0. The third kappa shape index (κ3) is 2.59. The minimum Gasteiger partial charge on any atom is -0.452 e. The molecule has 2 aromatic heterocycles. The minimum absolute atomic E-state index is 0.702. The fourth-order valence-electron chi connectivity index (χ4n) is 3.84. The monoisotopic (exact) mass is 372 g/mol. The quantitative estimate of drug-likeness (QED) is 0.333. The molecule has 0 atom stereocenters. The summed E-state index contributed by atoms with van der Waals surface area (Å²) in [5.74, 6) is 0.702. The lowest BCUT2D eigenvalue weighted by atomic mass is 10.1. The van der Waals surface area contributed by atoms with Gasteiger partial charge in [-0.05, 0) is 29.0 Å². The number of para-hydroxylation sites is 1. The van der Waals surface area contributed by atoms with Crippen LogP contribution in [0.15, 0.2) is 101 Å². The summed E-state index contributed by atoms with van der Waals surface area (Å²) in [4.78, 5) is 9.86. The molecule has 6 aromatic rings. The predicted octanol–water partition coefficient (Wildman–Crippen LogP) is 6.86. The smallest absolute Gasteiger partial charge is 0.180 e. The van der Waals surface area contributed by atoms with Gasteiger partial charge in [0.05, 0.1) is 0 Å². The van der Waals surface area contributed by atoms with Crippen LogP contribution < -0.4 is 0 Å². The average Bonchev–Trinajstić information content (AvgIpc) is 3.17. The van der Waals surface area contributed by atoms with E-state index in [9.17, 15) is 0 Å². The van der Waals surface area contributed by atoms with Gasteiger partial charge >= 0.3 is 0 Å². The van der Waals surface area contributed by atoms with E-state index < -0.39 is 0 Å². The highest BCUT2D eigenvalue weighted by Crippen LogP contribution is 2.35. The van der Waals surface area contributed by atoms with Crippen LogP contribution in [0, 0.1) is 0 Å². The van der Waals surface area contributed by atoms with E-state index in [4.69, 9.17) is 14.4 Å². The Hall–Kier alpha value is -3.98. The predicted molar refractivity (Wildman–Crippen MR) is 118 cm³/mol. The van der Waals surface area contributed by atoms with Crippen LogP contribution >= 0.6 is 0 Å². The van der Waals surface area contributed by atoms with Gasteiger partial charge < -0.3 is 4.42 Å². The number of nitrogens with zero attached hydrogens (tertiary/aromatic N) is 2. The van der Waals surface area contributed by atoms with Crippen LogP contribution in [0.3, 0.4) is 0 Å². The number of fused-ring (bicyclic) bond motifs is 4. The van der Waals surface area contributed by atoms with Crippen LogP contribution in [-0.2, 0) is 0 Å². The van der Waals surface area contributed by atoms with E-state index in [0.29, 0.717) is 5.82 Å². The fourth-order valence-corrected chi connectivity index (χ4v) is 3.84. The van der Waals surface area contributed by atoms with E-state index in [1.54, 1.807) is 0 Å². The van der Waals surface area contributed by atoms with Gasteiger partial charge in [-0.15, -0.1) is 0 Å². The van der Waals surface area contributed by atoms with Gasteiger partial charge in [-0.1, -0.05) is 78.9 Å². The summed E-state index contributed by atoms with van der Waals surface area (Å²) in [7, 11) is 0. The molecule has 29 heavy (non-hydrogen) atoms. The number of benzene rings is 4. The second-order valence-electron chi connectivity index (χ2n) is 7.10. The molecule has 0 saturated heterocycles. The summed E-state index contributed by atoms with van der Waals surface area (Å²) in [6, 6.07) is 32.8. The van der Waals surface area contributed by atoms with E-state index >= 15 is 0 Å². The molecule has 4 aromatic carbocycles.